The summed E-state index contributed by atoms with van der Waals surface area (Å²) in [6, 6.07) is 8.63. The molecular weight excluding hydrogens is 260 g/mol. The number of carbonyl (C=O) groups is 1. The van der Waals surface area contributed by atoms with E-state index in [2.05, 4.69) is 50.4 Å². The predicted octanol–water partition coefficient (Wildman–Crippen LogP) is 3.08. The maximum Gasteiger partial charge on any atom is 0.239 e. The van der Waals surface area contributed by atoms with E-state index < -0.39 is 0 Å². The summed E-state index contributed by atoms with van der Waals surface area (Å²) in [4.78, 5) is 14.2. The minimum absolute atomic E-state index is 0.0117. The molecule has 0 aromatic heterocycles. The monoisotopic (exact) mass is 288 g/mol. The van der Waals surface area contributed by atoms with Crippen LogP contribution >= 0.6 is 0 Å². The lowest BCUT2D eigenvalue weighted by atomic mass is 9.87. The van der Waals surface area contributed by atoms with Gasteiger partial charge in [-0.05, 0) is 35.9 Å². The molecule has 1 aliphatic rings. The van der Waals surface area contributed by atoms with Gasteiger partial charge in [-0.3, -0.25) is 4.79 Å². The molecular formula is C18H28N2O. The highest BCUT2D eigenvalue weighted by molar-refractivity contribution is 5.81. The van der Waals surface area contributed by atoms with E-state index in [0.717, 1.165) is 19.4 Å². The Balaban J connectivity index is 1.95. The Bertz CT molecular complexity index is 467. The van der Waals surface area contributed by atoms with Crippen LogP contribution in [0.5, 0.6) is 0 Å². The number of piperidine rings is 1. The first-order valence-corrected chi connectivity index (χ1v) is 7.96. The lowest BCUT2D eigenvalue weighted by Gasteiger charge is -2.27. The van der Waals surface area contributed by atoms with Crippen molar-refractivity contribution in [1.29, 1.82) is 0 Å². The van der Waals surface area contributed by atoms with Crippen molar-refractivity contribution in [3.05, 3.63) is 35.4 Å². The molecule has 1 N–H and O–H groups in total. The highest BCUT2D eigenvalue weighted by Gasteiger charge is 2.23. The van der Waals surface area contributed by atoms with Crippen LogP contribution in [0.15, 0.2) is 24.3 Å². The van der Waals surface area contributed by atoms with Gasteiger partial charge in [-0.1, -0.05) is 51.5 Å². The molecule has 2 rings (SSSR count). The van der Waals surface area contributed by atoms with Crippen LogP contribution in [0.25, 0.3) is 0 Å². The Labute approximate surface area is 128 Å². The summed E-state index contributed by atoms with van der Waals surface area (Å²) < 4.78 is 0. The third-order valence-electron chi connectivity index (χ3n) is 4.22. The van der Waals surface area contributed by atoms with Gasteiger partial charge in [0, 0.05) is 13.6 Å². The van der Waals surface area contributed by atoms with Crippen LogP contribution in [-0.4, -0.2) is 30.4 Å². The predicted molar refractivity (Wildman–Crippen MR) is 87.3 cm³/mol. The van der Waals surface area contributed by atoms with Crippen LogP contribution < -0.4 is 5.32 Å². The van der Waals surface area contributed by atoms with Gasteiger partial charge >= 0.3 is 0 Å². The number of hydrogen-bond acceptors (Lipinski definition) is 2. The molecule has 1 atom stereocenters. The quantitative estimate of drug-likeness (QED) is 0.927. The first-order chi connectivity index (χ1) is 9.88. The molecule has 0 saturated carbocycles. The number of amides is 1. The van der Waals surface area contributed by atoms with Crippen molar-refractivity contribution < 1.29 is 4.79 Å². The normalized spacial score (nSPS) is 19.3. The molecule has 0 spiro atoms. The molecule has 1 saturated heterocycles. The fraction of sp³-hybridized carbons (Fsp3) is 0.611. The van der Waals surface area contributed by atoms with Gasteiger partial charge in [-0.15, -0.1) is 0 Å². The Morgan fingerprint density at radius 3 is 2.43 bits per heavy atom. The highest BCUT2D eigenvalue weighted by Crippen LogP contribution is 2.22. The third-order valence-corrected chi connectivity index (χ3v) is 4.22. The molecule has 0 bridgehead atoms. The van der Waals surface area contributed by atoms with Gasteiger partial charge < -0.3 is 10.2 Å². The van der Waals surface area contributed by atoms with E-state index in [4.69, 9.17) is 0 Å². The van der Waals surface area contributed by atoms with Crippen molar-refractivity contribution in [1.82, 2.24) is 10.2 Å². The van der Waals surface area contributed by atoms with Crippen molar-refractivity contribution in [2.24, 2.45) is 0 Å². The fourth-order valence-corrected chi connectivity index (χ4v) is 2.79. The lowest BCUT2D eigenvalue weighted by molar-refractivity contribution is -0.133. The fourth-order valence-electron chi connectivity index (χ4n) is 2.79. The molecule has 3 heteroatoms. The van der Waals surface area contributed by atoms with Crippen molar-refractivity contribution >= 4 is 5.91 Å². The summed E-state index contributed by atoms with van der Waals surface area (Å²) in [7, 11) is 1.90. The van der Waals surface area contributed by atoms with E-state index in [0.29, 0.717) is 6.54 Å². The zero-order valence-corrected chi connectivity index (χ0v) is 13.8. The number of carbonyl (C=O) groups excluding carboxylic acids is 1. The van der Waals surface area contributed by atoms with Crippen LogP contribution in [0.4, 0.5) is 0 Å². The lowest BCUT2D eigenvalue weighted by Crippen LogP contribution is -2.46. The van der Waals surface area contributed by atoms with Crippen LogP contribution in [0.2, 0.25) is 0 Å². The van der Waals surface area contributed by atoms with E-state index in [1.807, 2.05) is 11.9 Å². The molecule has 1 heterocycles. The van der Waals surface area contributed by atoms with Crippen LogP contribution in [0.1, 0.15) is 51.2 Å². The minimum atomic E-state index is 0.0117. The topological polar surface area (TPSA) is 32.3 Å². The van der Waals surface area contributed by atoms with Gasteiger partial charge in [0.25, 0.3) is 0 Å². The van der Waals surface area contributed by atoms with Crippen molar-refractivity contribution in [2.45, 2.75) is 58.0 Å². The summed E-state index contributed by atoms with van der Waals surface area (Å²) in [6.07, 6.45) is 3.30. The zero-order valence-electron chi connectivity index (χ0n) is 13.8. The van der Waals surface area contributed by atoms with Crippen molar-refractivity contribution in [2.75, 3.05) is 13.6 Å². The van der Waals surface area contributed by atoms with Gasteiger partial charge in [0.2, 0.25) is 5.91 Å². The molecule has 21 heavy (non-hydrogen) atoms. The summed E-state index contributed by atoms with van der Waals surface area (Å²) in [6.45, 7) is 8.29. The van der Waals surface area contributed by atoms with Gasteiger partial charge in [-0.25, -0.2) is 0 Å². The maximum atomic E-state index is 12.4. The third kappa shape index (κ3) is 4.31. The van der Waals surface area contributed by atoms with Gasteiger partial charge in [0.1, 0.15) is 0 Å². The molecule has 1 unspecified atom stereocenters. The van der Waals surface area contributed by atoms with Crippen molar-refractivity contribution in [3.8, 4) is 0 Å². The second-order valence-corrected chi connectivity index (χ2v) is 7.14. The molecule has 1 aliphatic heterocycles. The summed E-state index contributed by atoms with van der Waals surface area (Å²) in [5.74, 6) is 0.217. The van der Waals surface area contributed by atoms with E-state index >= 15 is 0 Å². The van der Waals surface area contributed by atoms with E-state index in [9.17, 15) is 4.79 Å². The highest BCUT2D eigenvalue weighted by atomic mass is 16.2. The number of rotatable bonds is 3. The number of nitrogens with one attached hydrogen (secondary N) is 1. The molecule has 0 aliphatic carbocycles. The number of benzene rings is 1. The van der Waals surface area contributed by atoms with Crippen LogP contribution in [-0.2, 0) is 16.8 Å². The second kappa shape index (κ2) is 6.61. The van der Waals surface area contributed by atoms with Crippen LogP contribution in [0, 0.1) is 0 Å². The maximum absolute atomic E-state index is 12.4. The molecule has 1 aromatic rings. The van der Waals surface area contributed by atoms with E-state index in [-0.39, 0.29) is 17.4 Å². The van der Waals surface area contributed by atoms with Crippen molar-refractivity contribution in [3.63, 3.8) is 0 Å². The molecule has 116 valence electrons. The first kappa shape index (κ1) is 16.0. The zero-order chi connectivity index (χ0) is 15.5. The number of nitrogens with zero attached hydrogens (tertiary/aromatic N) is 1. The summed E-state index contributed by atoms with van der Waals surface area (Å²) in [5, 5.41) is 3.32. The Morgan fingerprint density at radius 1 is 1.24 bits per heavy atom. The molecule has 3 nitrogen and oxygen atoms in total. The smallest absolute Gasteiger partial charge is 0.239 e. The van der Waals surface area contributed by atoms with Gasteiger partial charge in [0.15, 0.2) is 0 Å². The first-order valence-electron chi connectivity index (χ1n) is 7.96. The Hall–Kier alpha value is -1.35. The van der Waals surface area contributed by atoms with Gasteiger partial charge in [0.05, 0.1) is 6.04 Å². The standard InChI is InChI=1S/C18H28N2O/c1-18(2,3)15-10-8-14(9-11-15)13-20(4)17(21)16-7-5-6-12-19-16/h8-11,16,19H,5-7,12-13H2,1-4H3. The molecule has 1 amide bonds. The molecule has 1 aromatic carbocycles. The second-order valence-electron chi connectivity index (χ2n) is 7.14. The Kier molecular flexibility index (Phi) is 5.04. The average Bonchev–Trinajstić information content (AvgIpc) is 2.47. The number of likely N-dealkylation sites (N-methyl/N-ethyl adjacent to an activating group) is 1. The summed E-state index contributed by atoms with van der Waals surface area (Å²) in [5.41, 5.74) is 2.69. The summed E-state index contributed by atoms with van der Waals surface area (Å²) >= 11 is 0. The van der Waals surface area contributed by atoms with Crippen LogP contribution in [0.3, 0.4) is 0 Å². The SMILES string of the molecule is CN(Cc1ccc(C(C)(C)C)cc1)C(=O)C1CCCCN1. The van der Waals surface area contributed by atoms with E-state index in [1.165, 1.54) is 17.5 Å². The van der Waals surface area contributed by atoms with E-state index in [1.54, 1.807) is 0 Å². The molecule has 0 radical (unpaired) electrons. The number of hydrogen-bond donors (Lipinski definition) is 1. The molecule has 1 fully saturated rings. The minimum Gasteiger partial charge on any atom is -0.340 e. The average molecular weight is 288 g/mol. The van der Waals surface area contributed by atoms with Gasteiger partial charge in [-0.2, -0.15) is 0 Å². The largest absolute Gasteiger partial charge is 0.340 e. The Morgan fingerprint density at radius 2 is 1.90 bits per heavy atom.